The van der Waals surface area contributed by atoms with E-state index < -0.39 is 0 Å². The van der Waals surface area contributed by atoms with Crippen LogP contribution >= 0.6 is 0 Å². The molecule has 0 aliphatic carbocycles. The van der Waals surface area contributed by atoms with Crippen molar-refractivity contribution in [1.82, 2.24) is 34.7 Å². The van der Waals surface area contributed by atoms with Gasteiger partial charge in [-0.2, -0.15) is 20.1 Å². The molecule has 0 aromatic carbocycles. The predicted octanol–water partition coefficient (Wildman–Crippen LogP) is -0.412. The SMILES string of the molecule is Cn1ncnc1NCCNc1nc(N)nc2nc[nH]c12. The smallest absolute Gasteiger partial charge is 0.224 e. The number of hydrogen-bond donors (Lipinski definition) is 4. The number of fused-ring (bicyclic) bond motifs is 1. The van der Waals surface area contributed by atoms with E-state index in [1.165, 1.54) is 6.33 Å². The summed E-state index contributed by atoms with van der Waals surface area (Å²) in [4.78, 5) is 19.3. The molecule has 0 radical (unpaired) electrons. The maximum absolute atomic E-state index is 5.63. The number of hydrogen-bond acceptors (Lipinski definition) is 8. The number of anilines is 3. The quantitative estimate of drug-likeness (QED) is 0.461. The maximum Gasteiger partial charge on any atom is 0.224 e. The van der Waals surface area contributed by atoms with Gasteiger partial charge < -0.3 is 21.4 Å². The fourth-order valence-corrected chi connectivity index (χ4v) is 1.79. The Labute approximate surface area is 113 Å². The Balaban J connectivity index is 1.62. The van der Waals surface area contributed by atoms with E-state index in [2.05, 4.69) is 40.7 Å². The summed E-state index contributed by atoms with van der Waals surface area (Å²) in [5.41, 5.74) is 6.91. The normalized spacial score (nSPS) is 10.8. The number of nitrogen functional groups attached to an aromatic ring is 1. The fraction of sp³-hybridized carbons (Fsp3) is 0.300. The van der Waals surface area contributed by atoms with Crippen LogP contribution in [0.5, 0.6) is 0 Å². The first-order valence-electron chi connectivity index (χ1n) is 6.02. The second kappa shape index (κ2) is 4.99. The van der Waals surface area contributed by atoms with Crippen LogP contribution in [0.2, 0.25) is 0 Å². The minimum atomic E-state index is 0.188. The first-order valence-corrected chi connectivity index (χ1v) is 6.02. The predicted molar refractivity (Wildman–Crippen MR) is 74.1 cm³/mol. The lowest BCUT2D eigenvalue weighted by Crippen LogP contribution is -2.17. The Kier molecular flexibility index (Phi) is 3.03. The van der Waals surface area contributed by atoms with Gasteiger partial charge >= 0.3 is 0 Å². The molecule has 10 heteroatoms. The molecule has 0 aliphatic heterocycles. The summed E-state index contributed by atoms with van der Waals surface area (Å²) in [5, 5.41) is 10.3. The van der Waals surface area contributed by atoms with Crippen molar-refractivity contribution >= 4 is 28.9 Å². The van der Waals surface area contributed by atoms with Gasteiger partial charge in [-0.15, -0.1) is 0 Å². The third kappa shape index (κ3) is 2.30. The van der Waals surface area contributed by atoms with Crippen LogP contribution in [0.25, 0.3) is 11.2 Å². The third-order valence-corrected chi connectivity index (χ3v) is 2.71. The first kappa shape index (κ1) is 12.1. The number of imidazole rings is 1. The van der Waals surface area contributed by atoms with Crippen molar-refractivity contribution in [2.24, 2.45) is 7.05 Å². The number of rotatable bonds is 5. The Morgan fingerprint density at radius 2 is 2.10 bits per heavy atom. The Bertz CT molecular complexity index is 714. The lowest BCUT2D eigenvalue weighted by atomic mass is 10.4. The molecule has 0 saturated heterocycles. The standard InChI is InChI=1S/C10H14N10/c1-20-10(16-5-17-20)13-3-2-12-7-6-8(15-4-14-6)19-9(11)18-7/h4-5H,2-3H2,1H3,(H,13,16,17)(H4,11,12,14,15,18,19). The van der Waals surface area contributed by atoms with Crippen molar-refractivity contribution in [1.29, 1.82) is 0 Å². The molecule has 0 atom stereocenters. The monoisotopic (exact) mass is 274 g/mol. The molecule has 0 bridgehead atoms. The molecule has 0 aliphatic rings. The largest absolute Gasteiger partial charge is 0.368 e. The van der Waals surface area contributed by atoms with Gasteiger partial charge in [-0.05, 0) is 0 Å². The number of aryl methyl sites for hydroxylation is 1. The van der Waals surface area contributed by atoms with Crippen molar-refractivity contribution in [2.75, 3.05) is 29.5 Å². The number of nitrogens with zero attached hydrogens (tertiary/aromatic N) is 6. The van der Waals surface area contributed by atoms with Crippen LogP contribution in [0.3, 0.4) is 0 Å². The molecular formula is C10H14N10. The topological polar surface area (TPSA) is 135 Å². The van der Waals surface area contributed by atoms with E-state index in [-0.39, 0.29) is 5.95 Å². The molecule has 3 rings (SSSR count). The van der Waals surface area contributed by atoms with Gasteiger partial charge in [-0.25, -0.2) is 9.67 Å². The Morgan fingerprint density at radius 3 is 2.90 bits per heavy atom. The highest BCUT2D eigenvalue weighted by molar-refractivity contribution is 5.83. The van der Waals surface area contributed by atoms with Crippen LogP contribution in [-0.2, 0) is 7.05 Å². The number of aromatic nitrogens is 7. The molecule has 0 fully saturated rings. The van der Waals surface area contributed by atoms with Gasteiger partial charge in [0, 0.05) is 20.1 Å². The molecule has 0 saturated carbocycles. The van der Waals surface area contributed by atoms with Crippen LogP contribution in [0, 0.1) is 0 Å². The summed E-state index contributed by atoms with van der Waals surface area (Å²) < 4.78 is 1.66. The molecule has 0 amide bonds. The van der Waals surface area contributed by atoms with E-state index >= 15 is 0 Å². The van der Waals surface area contributed by atoms with Gasteiger partial charge in [0.15, 0.2) is 11.5 Å². The highest BCUT2D eigenvalue weighted by Gasteiger charge is 2.07. The summed E-state index contributed by atoms with van der Waals surface area (Å²) >= 11 is 0. The summed E-state index contributed by atoms with van der Waals surface area (Å²) in [7, 11) is 1.82. The molecule has 5 N–H and O–H groups in total. The van der Waals surface area contributed by atoms with E-state index in [4.69, 9.17) is 5.73 Å². The van der Waals surface area contributed by atoms with Gasteiger partial charge in [0.1, 0.15) is 11.8 Å². The summed E-state index contributed by atoms with van der Waals surface area (Å²) in [6, 6.07) is 0. The molecule has 3 aromatic rings. The maximum atomic E-state index is 5.63. The summed E-state index contributed by atoms with van der Waals surface area (Å²) in [6.07, 6.45) is 3.05. The van der Waals surface area contributed by atoms with Gasteiger partial charge in [-0.3, -0.25) is 0 Å². The number of aromatic amines is 1. The molecule has 0 unspecified atom stereocenters. The minimum absolute atomic E-state index is 0.188. The van der Waals surface area contributed by atoms with Gasteiger partial charge in [0.05, 0.1) is 6.33 Å². The summed E-state index contributed by atoms with van der Waals surface area (Å²) in [5.74, 6) is 1.53. The van der Waals surface area contributed by atoms with Gasteiger partial charge in [0.25, 0.3) is 0 Å². The van der Waals surface area contributed by atoms with Crippen LogP contribution in [0.1, 0.15) is 0 Å². The fourth-order valence-electron chi connectivity index (χ4n) is 1.79. The number of H-pyrrole nitrogens is 1. The van der Waals surface area contributed by atoms with E-state index in [0.29, 0.717) is 30.5 Å². The average molecular weight is 274 g/mol. The highest BCUT2D eigenvalue weighted by atomic mass is 15.4. The Hall–Kier alpha value is -2.91. The van der Waals surface area contributed by atoms with Crippen molar-refractivity contribution in [3.05, 3.63) is 12.7 Å². The van der Waals surface area contributed by atoms with E-state index in [1.807, 2.05) is 7.05 Å². The van der Waals surface area contributed by atoms with Crippen LogP contribution < -0.4 is 16.4 Å². The van der Waals surface area contributed by atoms with E-state index in [9.17, 15) is 0 Å². The van der Waals surface area contributed by atoms with Gasteiger partial charge in [-0.1, -0.05) is 0 Å². The Morgan fingerprint density at radius 1 is 1.25 bits per heavy atom. The molecule has 10 nitrogen and oxygen atoms in total. The lowest BCUT2D eigenvalue weighted by Gasteiger charge is -2.08. The second-order valence-electron chi connectivity index (χ2n) is 4.09. The highest BCUT2D eigenvalue weighted by Crippen LogP contribution is 2.16. The van der Waals surface area contributed by atoms with Crippen molar-refractivity contribution in [3.8, 4) is 0 Å². The van der Waals surface area contributed by atoms with E-state index in [1.54, 1.807) is 11.0 Å². The van der Waals surface area contributed by atoms with Gasteiger partial charge in [0.2, 0.25) is 11.9 Å². The van der Waals surface area contributed by atoms with Crippen molar-refractivity contribution in [3.63, 3.8) is 0 Å². The zero-order valence-electron chi connectivity index (χ0n) is 10.8. The van der Waals surface area contributed by atoms with Crippen LogP contribution in [0.4, 0.5) is 17.7 Å². The van der Waals surface area contributed by atoms with Crippen molar-refractivity contribution < 1.29 is 0 Å². The molecule has 20 heavy (non-hydrogen) atoms. The molecule has 0 spiro atoms. The number of nitrogens with two attached hydrogens (primary N) is 1. The zero-order chi connectivity index (χ0) is 13.9. The molecule has 104 valence electrons. The van der Waals surface area contributed by atoms with E-state index in [0.717, 1.165) is 5.52 Å². The average Bonchev–Trinajstić information content (AvgIpc) is 3.03. The first-order chi connectivity index (χ1) is 9.74. The molecule has 3 heterocycles. The van der Waals surface area contributed by atoms with Crippen LogP contribution in [0.15, 0.2) is 12.7 Å². The van der Waals surface area contributed by atoms with Crippen LogP contribution in [-0.4, -0.2) is 47.8 Å². The third-order valence-electron chi connectivity index (χ3n) is 2.71. The molecular weight excluding hydrogens is 260 g/mol. The van der Waals surface area contributed by atoms with Crippen molar-refractivity contribution in [2.45, 2.75) is 0 Å². The molecule has 3 aromatic heterocycles. The number of nitrogens with one attached hydrogen (secondary N) is 3. The summed E-state index contributed by atoms with van der Waals surface area (Å²) in [6.45, 7) is 1.30. The minimum Gasteiger partial charge on any atom is -0.368 e. The lowest BCUT2D eigenvalue weighted by molar-refractivity contribution is 0.767. The zero-order valence-corrected chi connectivity index (χ0v) is 10.8. The second-order valence-corrected chi connectivity index (χ2v) is 4.09.